The molecule has 1 spiro atoms. The molecule has 1 aromatic rings. The minimum absolute atomic E-state index is 0.114. The lowest BCUT2D eigenvalue weighted by molar-refractivity contribution is -0.195. The normalized spacial score (nSPS) is 24.3. The zero-order valence-corrected chi connectivity index (χ0v) is 13.1. The van der Waals surface area contributed by atoms with Gasteiger partial charge in [0.1, 0.15) is 18.5 Å². The number of aldehydes is 1. The summed E-state index contributed by atoms with van der Waals surface area (Å²) in [7, 11) is 0. The summed E-state index contributed by atoms with van der Waals surface area (Å²) in [6.07, 6.45) is 4.96. The van der Waals surface area contributed by atoms with Gasteiger partial charge in [0.05, 0.1) is 12.2 Å². The van der Waals surface area contributed by atoms with Crippen LogP contribution in [0, 0.1) is 0 Å². The molecule has 0 bridgehead atoms. The maximum atomic E-state index is 12.2. The second-order valence-corrected chi connectivity index (χ2v) is 6.15. The van der Waals surface area contributed by atoms with Gasteiger partial charge in [0.15, 0.2) is 5.79 Å². The van der Waals surface area contributed by atoms with Crippen molar-refractivity contribution in [1.82, 2.24) is 0 Å². The van der Waals surface area contributed by atoms with Crippen molar-refractivity contribution in [3.05, 3.63) is 35.9 Å². The van der Waals surface area contributed by atoms with Crippen molar-refractivity contribution in [3.8, 4) is 0 Å². The second kappa shape index (κ2) is 7.23. The molecule has 1 saturated heterocycles. The van der Waals surface area contributed by atoms with Gasteiger partial charge in [-0.3, -0.25) is 0 Å². The number of rotatable bonds is 5. The highest BCUT2D eigenvalue weighted by Gasteiger charge is 2.45. The largest absolute Gasteiger partial charge is 0.455 e. The molecule has 5 heteroatoms. The summed E-state index contributed by atoms with van der Waals surface area (Å²) in [5, 5.41) is 0. The Balaban J connectivity index is 1.65. The summed E-state index contributed by atoms with van der Waals surface area (Å²) in [6.45, 7) is 0.362. The van der Waals surface area contributed by atoms with Crippen LogP contribution in [0.2, 0.25) is 0 Å². The van der Waals surface area contributed by atoms with Gasteiger partial charge in [0.2, 0.25) is 0 Å². The van der Waals surface area contributed by atoms with Crippen molar-refractivity contribution < 1.29 is 23.8 Å². The van der Waals surface area contributed by atoms with Crippen molar-refractivity contribution in [3.63, 3.8) is 0 Å². The van der Waals surface area contributed by atoms with Gasteiger partial charge < -0.3 is 19.0 Å². The van der Waals surface area contributed by atoms with Crippen molar-refractivity contribution in [1.29, 1.82) is 0 Å². The number of carbonyl (C=O) groups is 2. The van der Waals surface area contributed by atoms with Gasteiger partial charge in [-0.15, -0.1) is 0 Å². The highest BCUT2D eigenvalue weighted by atomic mass is 16.8. The molecule has 2 atom stereocenters. The quantitative estimate of drug-likeness (QED) is 0.617. The molecule has 23 heavy (non-hydrogen) atoms. The molecule has 1 aromatic carbocycles. The van der Waals surface area contributed by atoms with E-state index < -0.39 is 17.9 Å². The Labute approximate surface area is 135 Å². The van der Waals surface area contributed by atoms with Crippen molar-refractivity contribution in [2.24, 2.45) is 0 Å². The zero-order chi connectivity index (χ0) is 16.1. The molecule has 0 N–H and O–H groups in total. The maximum Gasteiger partial charge on any atom is 0.338 e. The van der Waals surface area contributed by atoms with Crippen molar-refractivity contribution >= 4 is 12.3 Å². The molecule has 2 fully saturated rings. The first-order valence-corrected chi connectivity index (χ1v) is 8.24. The first-order valence-electron chi connectivity index (χ1n) is 8.24. The summed E-state index contributed by atoms with van der Waals surface area (Å²) in [4.78, 5) is 23.2. The molecule has 5 nitrogen and oxygen atoms in total. The van der Waals surface area contributed by atoms with E-state index in [1.54, 1.807) is 24.3 Å². The van der Waals surface area contributed by atoms with Crippen LogP contribution < -0.4 is 0 Å². The fourth-order valence-corrected chi connectivity index (χ4v) is 3.26. The fourth-order valence-electron chi connectivity index (χ4n) is 3.26. The molecular weight excluding hydrogens is 296 g/mol. The van der Waals surface area contributed by atoms with Gasteiger partial charge in [0, 0.05) is 19.3 Å². The summed E-state index contributed by atoms with van der Waals surface area (Å²) in [6, 6.07) is 8.76. The highest BCUT2D eigenvalue weighted by molar-refractivity contribution is 5.89. The molecule has 0 aromatic heterocycles. The number of carbonyl (C=O) groups excluding carboxylic acids is 2. The van der Waals surface area contributed by atoms with E-state index in [0.29, 0.717) is 12.2 Å². The average Bonchev–Trinajstić information content (AvgIpc) is 2.99. The number of esters is 1. The SMILES string of the molecule is O=CC[C@H](OC(=O)c1ccccc1)[C@H]1COC2(CCCCC2)O1. The molecule has 1 aliphatic heterocycles. The van der Waals surface area contributed by atoms with E-state index >= 15 is 0 Å². The van der Waals surface area contributed by atoms with Crippen LogP contribution in [-0.2, 0) is 19.0 Å². The van der Waals surface area contributed by atoms with Crippen LogP contribution in [0.5, 0.6) is 0 Å². The lowest BCUT2D eigenvalue weighted by Crippen LogP contribution is -2.38. The lowest BCUT2D eigenvalue weighted by atomic mass is 9.94. The Hall–Kier alpha value is -1.72. The first-order chi connectivity index (χ1) is 11.2. The molecule has 1 saturated carbocycles. The van der Waals surface area contributed by atoms with Crippen LogP contribution in [0.25, 0.3) is 0 Å². The van der Waals surface area contributed by atoms with E-state index in [-0.39, 0.29) is 12.5 Å². The van der Waals surface area contributed by atoms with Crippen LogP contribution in [0.3, 0.4) is 0 Å². The molecule has 1 aliphatic carbocycles. The molecule has 0 radical (unpaired) electrons. The number of hydrogen-bond donors (Lipinski definition) is 0. The smallest absolute Gasteiger partial charge is 0.338 e. The van der Waals surface area contributed by atoms with Gasteiger partial charge in [-0.05, 0) is 25.0 Å². The minimum atomic E-state index is -0.610. The predicted molar refractivity (Wildman–Crippen MR) is 83.0 cm³/mol. The molecule has 0 unspecified atom stereocenters. The Kier molecular flexibility index (Phi) is 5.08. The van der Waals surface area contributed by atoms with Crippen molar-refractivity contribution in [2.45, 2.75) is 56.5 Å². The zero-order valence-electron chi connectivity index (χ0n) is 13.1. The first kappa shape index (κ1) is 16.1. The molecule has 0 amide bonds. The molecule has 124 valence electrons. The Morgan fingerprint density at radius 2 is 2.00 bits per heavy atom. The fraction of sp³-hybridized carbons (Fsp3) is 0.556. The molecular formula is C18H22O5. The molecule has 3 rings (SSSR count). The Morgan fingerprint density at radius 3 is 2.70 bits per heavy atom. The third-order valence-corrected chi connectivity index (χ3v) is 4.50. The van der Waals surface area contributed by atoms with Crippen LogP contribution in [0.1, 0.15) is 48.9 Å². The topological polar surface area (TPSA) is 61.8 Å². The summed E-state index contributed by atoms with van der Waals surface area (Å²) < 4.78 is 17.5. The third-order valence-electron chi connectivity index (χ3n) is 4.50. The minimum Gasteiger partial charge on any atom is -0.455 e. The van der Waals surface area contributed by atoms with E-state index in [0.717, 1.165) is 32.0 Å². The highest BCUT2D eigenvalue weighted by Crippen LogP contribution is 2.39. The van der Waals surface area contributed by atoms with E-state index in [9.17, 15) is 9.59 Å². The van der Waals surface area contributed by atoms with E-state index in [1.807, 2.05) is 6.07 Å². The standard InChI is InChI=1S/C18H22O5/c19-12-9-15(22-17(20)14-7-3-1-4-8-14)16-13-21-18(23-16)10-5-2-6-11-18/h1,3-4,7-8,12,15-16H,2,5-6,9-11,13H2/t15-,16+/m0/s1. The van der Waals surface area contributed by atoms with Gasteiger partial charge >= 0.3 is 5.97 Å². The maximum absolute atomic E-state index is 12.2. The second-order valence-electron chi connectivity index (χ2n) is 6.15. The lowest BCUT2D eigenvalue weighted by Gasteiger charge is -2.32. The summed E-state index contributed by atoms with van der Waals surface area (Å²) in [5.41, 5.74) is 0.467. The third kappa shape index (κ3) is 3.79. The van der Waals surface area contributed by atoms with E-state index in [2.05, 4.69) is 0 Å². The number of ether oxygens (including phenoxy) is 3. The van der Waals surface area contributed by atoms with Gasteiger partial charge in [0.25, 0.3) is 0 Å². The number of hydrogen-bond acceptors (Lipinski definition) is 5. The average molecular weight is 318 g/mol. The van der Waals surface area contributed by atoms with Crippen LogP contribution in [0.15, 0.2) is 30.3 Å². The van der Waals surface area contributed by atoms with E-state index in [4.69, 9.17) is 14.2 Å². The van der Waals surface area contributed by atoms with Crippen LogP contribution in [0.4, 0.5) is 0 Å². The van der Waals surface area contributed by atoms with Gasteiger partial charge in [-0.1, -0.05) is 24.6 Å². The monoisotopic (exact) mass is 318 g/mol. The van der Waals surface area contributed by atoms with Crippen molar-refractivity contribution in [2.75, 3.05) is 6.61 Å². The summed E-state index contributed by atoms with van der Waals surface area (Å²) in [5.74, 6) is -0.978. The summed E-state index contributed by atoms with van der Waals surface area (Å²) >= 11 is 0. The molecule has 2 aliphatic rings. The van der Waals surface area contributed by atoms with Gasteiger partial charge in [-0.2, -0.15) is 0 Å². The number of benzene rings is 1. The molecule has 1 heterocycles. The van der Waals surface area contributed by atoms with Crippen LogP contribution >= 0.6 is 0 Å². The van der Waals surface area contributed by atoms with Crippen LogP contribution in [-0.4, -0.2) is 36.9 Å². The van der Waals surface area contributed by atoms with E-state index in [1.165, 1.54) is 6.42 Å². The predicted octanol–water partition coefficient (Wildman–Crippen LogP) is 2.88. The van der Waals surface area contributed by atoms with Gasteiger partial charge in [-0.25, -0.2) is 4.79 Å². The Bertz CT molecular complexity index is 536. The Morgan fingerprint density at radius 1 is 1.26 bits per heavy atom.